The maximum absolute atomic E-state index is 12.7. The minimum Gasteiger partial charge on any atom is -0.348 e. The molecule has 0 aliphatic carbocycles. The summed E-state index contributed by atoms with van der Waals surface area (Å²) in [5, 5.41) is 3.38. The Hall–Kier alpha value is -2.80. The molecule has 0 aliphatic heterocycles. The summed E-state index contributed by atoms with van der Waals surface area (Å²) in [7, 11) is 0. The zero-order valence-corrected chi connectivity index (χ0v) is 16.0. The van der Waals surface area contributed by atoms with Crippen LogP contribution in [0.15, 0.2) is 47.5 Å². The van der Waals surface area contributed by atoms with Crippen molar-refractivity contribution in [2.75, 3.05) is 0 Å². The Morgan fingerprint density at radius 1 is 1.30 bits per heavy atom. The number of hydrogen-bond donors (Lipinski definition) is 2. The molecule has 2 heterocycles. The van der Waals surface area contributed by atoms with Gasteiger partial charge in [0.2, 0.25) is 0 Å². The van der Waals surface area contributed by atoms with Crippen LogP contribution in [0.25, 0.3) is 10.9 Å². The number of aromatic amines is 1. The van der Waals surface area contributed by atoms with Gasteiger partial charge in [0, 0.05) is 31.0 Å². The smallest absolute Gasteiger partial charge is 0.262 e. The third-order valence-corrected chi connectivity index (χ3v) is 4.73. The third-order valence-electron chi connectivity index (χ3n) is 4.41. The van der Waals surface area contributed by atoms with E-state index in [1.165, 1.54) is 0 Å². The van der Waals surface area contributed by atoms with Gasteiger partial charge in [0.05, 0.1) is 10.9 Å². The first-order valence-electron chi connectivity index (χ1n) is 9.04. The Balaban J connectivity index is 1.82. The Morgan fingerprint density at radius 3 is 2.89 bits per heavy atom. The number of nitrogens with one attached hydrogen (secondary N) is 2. The van der Waals surface area contributed by atoms with Gasteiger partial charge in [-0.3, -0.25) is 19.1 Å². The summed E-state index contributed by atoms with van der Waals surface area (Å²) in [5.41, 5.74) is 1.85. The minimum atomic E-state index is -0.216. The highest BCUT2D eigenvalue weighted by Crippen LogP contribution is 2.12. The van der Waals surface area contributed by atoms with Gasteiger partial charge >= 0.3 is 0 Å². The van der Waals surface area contributed by atoms with Crippen LogP contribution in [-0.4, -0.2) is 20.4 Å². The lowest BCUT2D eigenvalue weighted by Crippen LogP contribution is -2.24. The van der Waals surface area contributed by atoms with Crippen LogP contribution in [0, 0.1) is 4.77 Å². The van der Waals surface area contributed by atoms with Crippen molar-refractivity contribution in [3.05, 3.63) is 69.0 Å². The van der Waals surface area contributed by atoms with Gasteiger partial charge in [0.1, 0.15) is 0 Å². The molecule has 0 fully saturated rings. The first-order valence-corrected chi connectivity index (χ1v) is 9.45. The fourth-order valence-corrected chi connectivity index (χ4v) is 3.19. The van der Waals surface area contributed by atoms with E-state index in [0.717, 1.165) is 24.8 Å². The first-order chi connectivity index (χ1) is 13.1. The van der Waals surface area contributed by atoms with Crippen molar-refractivity contribution in [2.24, 2.45) is 0 Å². The van der Waals surface area contributed by atoms with Crippen molar-refractivity contribution in [1.29, 1.82) is 0 Å². The standard InChI is InChI=1S/C20H22N4O2S/c1-2-3-4-10-24-19(26)16-8-7-15(11-17(16)23-20(24)27)18(25)22-13-14-6-5-9-21-12-14/h5-9,11-12H,2-4,10,13H2,1H3,(H,22,25)(H,23,27). The number of aromatic nitrogens is 3. The van der Waals surface area contributed by atoms with Crippen molar-refractivity contribution >= 4 is 29.0 Å². The molecule has 0 bridgehead atoms. The highest BCUT2D eigenvalue weighted by atomic mass is 32.1. The van der Waals surface area contributed by atoms with Gasteiger partial charge in [-0.2, -0.15) is 0 Å². The summed E-state index contributed by atoms with van der Waals surface area (Å²) >= 11 is 5.34. The lowest BCUT2D eigenvalue weighted by Gasteiger charge is -2.09. The van der Waals surface area contributed by atoms with Crippen LogP contribution in [0.5, 0.6) is 0 Å². The van der Waals surface area contributed by atoms with Gasteiger partial charge < -0.3 is 10.3 Å². The van der Waals surface area contributed by atoms with Crippen molar-refractivity contribution in [2.45, 2.75) is 39.3 Å². The largest absolute Gasteiger partial charge is 0.348 e. The number of carbonyl (C=O) groups is 1. The number of pyridine rings is 1. The van der Waals surface area contributed by atoms with Crippen LogP contribution in [-0.2, 0) is 13.1 Å². The number of amides is 1. The number of unbranched alkanes of at least 4 members (excludes halogenated alkanes) is 2. The van der Waals surface area contributed by atoms with Crippen LogP contribution < -0.4 is 10.9 Å². The summed E-state index contributed by atoms with van der Waals surface area (Å²) < 4.78 is 1.98. The molecule has 1 aromatic carbocycles. The number of H-pyrrole nitrogens is 1. The Labute approximate surface area is 162 Å². The molecule has 1 amide bonds. The molecule has 2 aromatic heterocycles. The van der Waals surface area contributed by atoms with Gasteiger partial charge in [-0.25, -0.2) is 0 Å². The second kappa shape index (κ2) is 8.73. The van der Waals surface area contributed by atoms with Crippen molar-refractivity contribution < 1.29 is 4.79 Å². The van der Waals surface area contributed by atoms with Crippen LogP contribution in [0.4, 0.5) is 0 Å². The molecule has 6 nitrogen and oxygen atoms in total. The van der Waals surface area contributed by atoms with E-state index >= 15 is 0 Å². The topological polar surface area (TPSA) is 79.8 Å². The zero-order valence-electron chi connectivity index (χ0n) is 15.2. The second-order valence-electron chi connectivity index (χ2n) is 6.40. The molecule has 0 radical (unpaired) electrons. The fraction of sp³-hybridized carbons (Fsp3) is 0.300. The van der Waals surface area contributed by atoms with Crippen LogP contribution in [0.1, 0.15) is 42.1 Å². The Kier molecular flexibility index (Phi) is 6.13. The number of nitrogens with zero attached hydrogens (tertiary/aromatic N) is 2. The predicted octanol–water partition coefficient (Wildman–Crippen LogP) is 3.57. The van der Waals surface area contributed by atoms with E-state index in [9.17, 15) is 9.59 Å². The van der Waals surface area contributed by atoms with E-state index in [-0.39, 0.29) is 11.5 Å². The monoisotopic (exact) mass is 382 g/mol. The van der Waals surface area contributed by atoms with E-state index in [4.69, 9.17) is 12.2 Å². The number of rotatable bonds is 7. The summed E-state index contributed by atoms with van der Waals surface area (Å²) in [6, 6.07) is 8.73. The molecule has 140 valence electrons. The lowest BCUT2D eigenvalue weighted by atomic mass is 10.1. The Bertz CT molecular complexity index is 1060. The van der Waals surface area contributed by atoms with E-state index in [0.29, 0.717) is 34.3 Å². The molecule has 0 aliphatic rings. The average molecular weight is 382 g/mol. The van der Waals surface area contributed by atoms with Crippen LogP contribution >= 0.6 is 12.2 Å². The summed E-state index contributed by atoms with van der Waals surface area (Å²) in [6.07, 6.45) is 6.44. The van der Waals surface area contributed by atoms with Crippen LogP contribution in [0.3, 0.4) is 0 Å². The minimum absolute atomic E-state index is 0.118. The molecule has 0 saturated heterocycles. The maximum Gasteiger partial charge on any atom is 0.262 e. The predicted molar refractivity (Wildman–Crippen MR) is 108 cm³/mol. The SMILES string of the molecule is CCCCCn1c(=S)[nH]c2cc(C(=O)NCc3cccnc3)ccc2c1=O. The van der Waals surface area contributed by atoms with Crippen molar-refractivity contribution in [3.8, 4) is 0 Å². The van der Waals surface area contributed by atoms with Gasteiger partial charge in [0.15, 0.2) is 4.77 Å². The van der Waals surface area contributed by atoms with E-state index in [2.05, 4.69) is 22.2 Å². The van der Waals surface area contributed by atoms with Crippen molar-refractivity contribution in [3.63, 3.8) is 0 Å². The average Bonchev–Trinajstić information content (AvgIpc) is 2.69. The number of fused-ring (bicyclic) bond motifs is 1. The number of benzene rings is 1. The van der Waals surface area contributed by atoms with Gasteiger partial charge in [-0.05, 0) is 48.5 Å². The molecule has 7 heteroatoms. The van der Waals surface area contributed by atoms with Crippen molar-refractivity contribution in [1.82, 2.24) is 19.9 Å². The highest BCUT2D eigenvalue weighted by molar-refractivity contribution is 7.71. The van der Waals surface area contributed by atoms with E-state index in [1.54, 1.807) is 35.2 Å². The molecular formula is C20H22N4O2S. The van der Waals surface area contributed by atoms with E-state index in [1.807, 2.05) is 12.1 Å². The van der Waals surface area contributed by atoms with Gasteiger partial charge in [-0.15, -0.1) is 0 Å². The summed E-state index contributed by atoms with van der Waals surface area (Å²) in [4.78, 5) is 32.2. The summed E-state index contributed by atoms with van der Waals surface area (Å²) in [5.74, 6) is -0.216. The van der Waals surface area contributed by atoms with Crippen LogP contribution in [0.2, 0.25) is 0 Å². The molecule has 27 heavy (non-hydrogen) atoms. The second-order valence-corrected chi connectivity index (χ2v) is 6.79. The lowest BCUT2D eigenvalue weighted by molar-refractivity contribution is 0.0951. The Morgan fingerprint density at radius 2 is 2.15 bits per heavy atom. The number of hydrogen-bond acceptors (Lipinski definition) is 4. The molecule has 0 saturated carbocycles. The molecule has 0 unspecified atom stereocenters. The number of carbonyl (C=O) groups excluding carboxylic acids is 1. The highest BCUT2D eigenvalue weighted by Gasteiger charge is 2.10. The molecule has 2 N–H and O–H groups in total. The molecule has 3 rings (SSSR count). The van der Waals surface area contributed by atoms with Gasteiger partial charge in [-0.1, -0.05) is 25.8 Å². The third kappa shape index (κ3) is 4.49. The fourth-order valence-electron chi connectivity index (χ4n) is 2.91. The zero-order chi connectivity index (χ0) is 19.2. The molecule has 0 spiro atoms. The molecule has 3 aromatic rings. The van der Waals surface area contributed by atoms with E-state index < -0.39 is 0 Å². The quantitative estimate of drug-likeness (QED) is 0.484. The summed E-state index contributed by atoms with van der Waals surface area (Å²) in [6.45, 7) is 3.11. The maximum atomic E-state index is 12.7. The first kappa shape index (κ1) is 19.0. The molecule has 0 atom stereocenters. The normalized spacial score (nSPS) is 10.9. The van der Waals surface area contributed by atoms with Gasteiger partial charge in [0.25, 0.3) is 11.5 Å². The molecular weight excluding hydrogens is 360 g/mol.